The standard InChI is InChI=1S/C43H25N5O.Pt/c1-3-12-28(13-4-1)40-42(29-14-5-2-6-15-29)48-37-18-11-25-45-41(37)34-23-21-30(26-35(34)43(48)46-40)49-31-20-22-33-32-16-7-8-17-36(32)47(38(33)27-31)39-19-9-10-24-44-39;/h1-25H;/q-2;+2. The van der Waals surface area contributed by atoms with Crippen molar-refractivity contribution in [1.29, 1.82) is 0 Å². The summed E-state index contributed by atoms with van der Waals surface area (Å²) in [7, 11) is 0. The second-order valence-corrected chi connectivity index (χ2v) is 11.9. The minimum Gasteiger partial charge on any atom is -0.503 e. The molecule has 0 spiro atoms. The zero-order valence-electron chi connectivity index (χ0n) is 26.4. The van der Waals surface area contributed by atoms with Crippen LogP contribution in [0.3, 0.4) is 0 Å². The molecule has 5 aromatic heterocycles. The number of benzene rings is 5. The van der Waals surface area contributed by atoms with Crippen molar-refractivity contribution < 1.29 is 25.8 Å². The van der Waals surface area contributed by atoms with E-state index in [2.05, 4.69) is 98.9 Å². The van der Waals surface area contributed by atoms with Crippen LogP contribution in [0.25, 0.3) is 77.6 Å². The first kappa shape index (κ1) is 30.0. The SMILES string of the molecule is [Pt+2].[c-]1c(Oc2[c-]c3c(cc2)c2ccccc2n3-c2ccccn2)ccc2c1c1nc(-c3ccccc3)c(-c3ccccc3)n1c1cccnc21. The third kappa shape index (κ3) is 4.72. The van der Waals surface area contributed by atoms with Gasteiger partial charge in [-0.1, -0.05) is 113 Å². The molecule has 10 aromatic rings. The van der Waals surface area contributed by atoms with Crippen LogP contribution in [0.1, 0.15) is 0 Å². The van der Waals surface area contributed by atoms with E-state index in [1.54, 1.807) is 0 Å². The van der Waals surface area contributed by atoms with E-state index < -0.39 is 0 Å². The minimum atomic E-state index is 0. The van der Waals surface area contributed by atoms with Gasteiger partial charge in [-0.05, 0) is 41.3 Å². The largest absolute Gasteiger partial charge is 2.00 e. The third-order valence-electron chi connectivity index (χ3n) is 9.05. The van der Waals surface area contributed by atoms with Gasteiger partial charge in [0.05, 0.1) is 28.1 Å². The summed E-state index contributed by atoms with van der Waals surface area (Å²) in [5.74, 6) is 1.96. The molecule has 0 radical (unpaired) electrons. The Balaban J connectivity index is 0.00000336. The van der Waals surface area contributed by atoms with Crippen molar-refractivity contribution in [3.8, 4) is 39.8 Å². The molecule has 0 aliphatic carbocycles. The number of fused-ring (bicyclic) bond motifs is 9. The average Bonchev–Trinajstić information content (AvgIpc) is 3.73. The molecular formula is C43H25N5OPt. The molecule has 7 heteroatoms. The number of hydrogen-bond donors (Lipinski definition) is 0. The molecule has 0 fully saturated rings. The first-order chi connectivity index (χ1) is 24.3. The van der Waals surface area contributed by atoms with Gasteiger partial charge in [-0.3, -0.25) is 9.97 Å². The fourth-order valence-electron chi connectivity index (χ4n) is 6.95. The summed E-state index contributed by atoms with van der Waals surface area (Å²) in [6.45, 7) is 0. The molecule has 0 bridgehead atoms. The van der Waals surface area contributed by atoms with Crippen LogP contribution >= 0.6 is 0 Å². The molecule has 0 amide bonds. The van der Waals surface area contributed by atoms with Gasteiger partial charge in [0, 0.05) is 35.0 Å². The Morgan fingerprint density at radius 3 is 2.02 bits per heavy atom. The van der Waals surface area contributed by atoms with E-state index in [9.17, 15) is 0 Å². The molecular weight excluding hydrogens is 798 g/mol. The Kier molecular flexibility index (Phi) is 7.26. The second-order valence-electron chi connectivity index (χ2n) is 11.9. The molecule has 6 nitrogen and oxygen atoms in total. The number of aromatic nitrogens is 5. The normalized spacial score (nSPS) is 11.4. The minimum absolute atomic E-state index is 0. The zero-order valence-corrected chi connectivity index (χ0v) is 28.7. The predicted molar refractivity (Wildman–Crippen MR) is 195 cm³/mol. The van der Waals surface area contributed by atoms with E-state index in [1.165, 1.54) is 0 Å². The van der Waals surface area contributed by atoms with Gasteiger partial charge in [0.25, 0.3) is 0 Å². The van der Waals surface area contributed by atoms with Gasteiger partial charge in [0.1, 0.15) is 5.82 Å². The molecule has 0 unspecified atom stereocenters. The van der Waals surface area contributed by atoms with Gasteiger partial charge in [0.2, 0.25) is 0 Å². The van der Waals surface area contributed by atoms with E-state index in [0.717, 1.165) is 77.6 Å². The van der Waals surface area contributed by atoms with Crippen LogP contribution in [0, 0.1) is 12.1 Å². The van der Waals surface area contributed by atoms with Crippen molar-refractivity contribution >= 4 is 49.3 Å². The van der Waals surface area contributed by atoms with Gasteiger partial charge in [-0.15, -0.1) is 23.6 Å². The molecule has 0 saturated heterocycles. The van der Waals surface area contributed by atoms with Crippen molar-refractivity contribution in [2.75, 3.05) is 0 Å². The first-order valence-corrected chi connectivity index (χ1v) is 16.1. The van der Waals surface area contributed by atoms with Gasteiger partial charge >= 0.3 is 21.1 Å². The summed E-state index contributed by atoms with van der Waals surface area (Å²) in [6.07, 6.45) is 3.64. The van der Waals surface area contributed by atoms with E-state index in [-0.39, 0.29) is 21.1 Å². The monoisotopic (exact) mass is 822 g/mol. The molecule has 0 saturated carbocycles. The number of pyridine rings is 3. The summed E-state index contributed by atoms with van der Waals surface area (Å²) >= 11 is 0. The smallest absolute Gasteiger partial charge is 0.503 e. The maximum atomic E-state index is 6.55. The summed E-state index contributed by atoms with van der Waals surface area (Å²) in [4.78, 5) is 14.8. The molecule has 5 aromatic carbocycles. The Morgan fingerprint density at radius 1 is 0.540 bits per heavy atom. The Bertz CT molecular complexity index is 2850. The number of imidazole rings is 1. The van der Waals surface area contributed by atoms with Gasteiger partial charge in [0.15, 0.2) is 0 Å². The third-order valence-corrected chi connectivity index (χ3v) is 9.05. The summed E-state index contributed by atoms with van der Waals surface area (Å²) in [6, 6.07) is 54.3. The zero-order chi connectivity index (χ0) is 32.3. The maximum Gasteiger partial charge on any atom is 2.00 e. The number of hydrogen-bond acceptors (Lipinski definition) is 4. The average molecular weight is 823 g/mol. The Hall–Kier alpha value is -6.10. The molecule has 5 heterocycles. The van der Waals surface area contributed by atoms with Crippen LogP contribution < -0.4 is 4.74 Å². The summed E-state index contributed by atoms with van der Waals surface area (Å²) in [5.41, 5.74) is 8.58. The van der Waals surface area contributed by atoms with Gasteiger partial charge < -0.3 is 13.7 Å². The molecule has 10 rings (SSSR count). The number of ether oxygens (including phenoxy) is 1. The predicted octanol–water partition coefficient (Wildman–Crippen LogP) is 10.3. The molecule has 238 valence electrons. The van der Waals surface area contributed by atoms with Crippen LogP contribution in [0.15, 0.2) is 152 Å². The van der Waals surface area contributed by atoms with Crippen LogP contribution in [0.5, 0.6) is 11.5 Å². The second kappa shape index (κ2) is 12.1. The van der Waals surface area contributed by atoms with Crippen molar-refractivity contribution in [2.24, 2.45) is 0 Å². The fraction of sp³-hybridized carbons (Fsp3) is 0. The van der Waals surface area contributed by atoms with Crippen LogP contribution in [0.2, 0.25) is 0 Å². The topological polar surface area (TPSA) is 57.2 Å². The van der Waals surface area contributed by atoms with Crippen LogP contribution in [-0.2, 0) is 21.1 Å². The summed E-state index contributed by atoms with van der Waals surface area (Å²) in [5, 5.41) is 3.99. The molecule has 0 N–H and O–H groups in total. The first-order valence-electron chi connectivity index (χ1n) is 16.1. The van der Waals surface area contributed by atoms with E-state index in [4.69, 9.17) is 14.7 Å². The molecule has 0 atom stereocenters. The fourth-order valence-corrected chi connectivity index (χ4v) is 6.95. The van der Waals surface area contributed by atoms with Crippen LogP contribution in [0.4, 0.5) is 0 Å². The van der Waals surface area contributed by atoms with Gasteiger partial charge in [-0.25, -0.2) is 4.98 Å². The Labute approximate surface area is 301 Å². The summed E-state index contributed by atoms with van der Waals surface area (Å²) < 4.78 is 10.9. The van der Waals surface area contributed by atoms with E-state index in [1.807, 2.05) is 79.1 Å². The maximum absolute atomic E-state index is 6.55. The number of para-hydroxylation sites is 1. The van der Waals surface area contributed by atoms with Crippen molar-refractivity contribution in [3.63, 3.8) is 0 Å². The van der Waals surface area contributed by atoms with Crippen molar-refractivity contribution in [2.45, 2.75) is 0 Å². The molecule has 0 aliphatic heterocycles. The number of nitrogens with zero attached hydrogens (tertiary/aromatic N) is 5. The molecule has 50 heavy (non-hydrogen) atoms. The van der Waals surface area contributed by atoms with E-state index >= 15 is 0 Å². The van der Waals surface area contributed by atoms with Crippen LogP contribution in [-0.4, -0.2) is 23.9 Å². The van der Waals surface area contributed by atoms with Gasteiger partial charge in [-0.2, -0.15) is 6.07 Å². The Morgan fingerprint density at radius 2 is 1.22 bits per heavy atom. The van der Waals surface area contributed by atoms with Crippen molar-refractivity contribution in [1.82, 2.24) is 23.9 Å². The van der Waals surface area contributed by atoms with Crippen molar-refractivity contribution in [3.05, 3.63) is 164 Å². The number of rotatable bonds is 5. The van der Waals surface area contributed by atoms with E-state index in [0.29, 0.717) is 11.5 Å². The quantitative estimate of drug-likeness (QED) is 0.128. The molecule has 0 aliphatic rings.